The number of hydrogen-bond acceptors (Lipinski definition) is 2. The fourth-order valence-corrected chi connectivity index (χ4v) is 1.69. The third-order valence-electron chi connectivity index (χ3n) is 2.61. The molecule has 0 fully saturated rings. The average molecular weight is 270 g/mol. The Kier molecular flexibility index (Phi) is 5.89. The Morgan fingerprint density at radius 3 is 2.26 bits per heavy atom. The molecule has 0 aromatic heterocycles. The molecule has 0 saturated heterocycles. The van der Waals surface area contributed by atoms with Crippen LogP contribution in [0.2, 0.25) is 0 Å². The highest BCUT2D eigenvalue weighted by molar-refractivity contribution is 5.81. The van der Waals surface area contributed by atoms with E-state index in [2.05, 4.69) is 10.6 Å². The van der Waals surface area contributed by atoms with E-state index in [0.717, 1.165) is 6.07 Å². The molecular weight excluding hydrogens is 250 g/mol. The number of carbonyl (C=O) groups is 1. The standard InChI is InChI=1S/C14H20F2N2O/c1-9(2)18-14(19)10(3)17-5-4-11-6-12(15)8-13(16)7-11/h6-10,17H,4-5H2,1-3H3,(H,18,19). The second-order valence-electron chi connectivity index (χ2n) is 4.87. The maximum Gasteiger partial charge on any atom is 0.237 e. The molecule has 19 heavy (non-hydrogen) atoms. The van der Waals surface area contributed by atoms with E-state index < -0.39 is 11.6 Å². The van der Waals surface area contributed by atoms with Crippen LogP contribution >= 0.6 is 0 Å². The predicted molar refractivity (Wildman–Crippen MR) is 70.8 cm³/mol. The summed E-state index contributed by atoms with van der Waals surface area (Å²) in [5.74, 6) is -1.25. The SMILES string of the molecule is CC(C)NC(=O)C(C)NCCc1cc(F)cc(F)c1. The Hall–Kier alpha value is -1.49. The summed E-state index contributed by atoms with van der Waals surface area (Å²) in [5.41, 5.74) is 0.571. The first-order valence-electron chi connectivity index (χ1n) is 6.37. The van der Waals surface area contributed by atoms with Crippen LogP contribution < -0.4 is 10.6 Å². The molecule has 1 amide bonds. The number of amides is 1. The molecule has 1 aromatic carbocycles. The summed E-state index contributed by atoms with van der Waals surface area (Å²) < 4.78 is 25.9. The van der Waals surface area contributed by atoms with Gasteiger partial charge in [-0.15, -0.1) is 0 Å². The third kappa shape index (κ3) is 5.79. The van der Waals surface area contributed by atoms with Crippen LogP contribution in [-0.4, -0.2) is 24.5 Å². The Balaban J connectivity index is 2.39. The molecule has 3 nitrogen and oxygen atoms in total. The van der Waals surface area contributed by atoms with E-state index >= 15 is 0 Å². The van der Waals surface area contributed by atoms with Gasteiger partial charge in [-0.25, -0.2) is 8.78 Å². The molecule has 2 N–H and O–H groups in total. The van der Waals surface area contributed by atoms with Crippen molar-refractivity contribution < 1.29 is 13.6 Å². The molecule has 0 spiro atoms. The second-order valence-corrected chi connectivity index (χ2v) is 4.87. The molecule has 0 aliphatic heterocycles. The van der Waals surface area contributed by atoms with Crippen LogP contribution in [0.3, 0.4) is 0 Å². The molecule has 0 heterocycles. The number of benzene rings is 1. The lowest BCUT2D eigenvalue weighted by atomic mass is 10.1. The predicted octanol–water partition coefficient (Wildman–Crippen LogP) is 2.01. The van der Waals surface area contributed by atoms with E-state index in [4.69, 9.17) is 0 Å². The summed E-state index contributed by atoms with van der Waals surface area (Å²) in [4.78, 5) is 11.6. The Labute approximate surface area is 112 Å². The normalized spacial score (nSPS) is 12.5. The van der Waals surface area contributed by atoms with Crippen molar-refractivity contribution in [3.8, 4) is 0 Å². The van der Waals surface area contributed by atoms with Crippen molar-refractivity contribution in [1.29, 1.82) is 0 Å². The van der Waals surface area contributed by atoms with Gasteiger partial charge in [0.2, 0.25) is 5.91 Å². The van der Waals surface area contributed by atoms with Crippen molar-refractivity contribution in [2.24, 2.45) is 0 Å². The number of rotatable bonds is 6. The van der Waals surface area contributed by atoms with Crippen LogP contribution in [0, 0.1) is 11.6 Å². The zero-order valence-electron chi connectivity index (χ0n) is 11.5. The molecule has 0 aliphatic rings. The van der Waals surface area contributed by atoms with Gasteiger partial charge < -0.3 is 10.6 Å². The van der Waals surface area contributed by atoms with Crippen LogP contribution in [0.15, 0.2) is 18.2 Å². The summed E-state index contributed by atoms with van der Waals surface area (Å²) in [6, 6.07) is 3.19. The lowest BCUT2D eigenvalue weighted by molar-refractivity contribution is -0.123. The van der Waals surface area contributed by atoms with Crippen LogP contribution in [0.1, 0.15) is 26.3 Å². The Morgan fingerprint density at radius 1 is 1.16 bits per heavy atom. The minimum absolute atomic E-state index is 0.0829. The van der Waals surface area contributed by atoms with Gasteiger partial charge in [0, 0.05) is 12.1 Å². The average Bonchev–Trinajstić information content (AvgIpc) is 2.26. The molecule has 106 valence electrons. The maximum absolute atomic E-state index is 13.0. The molecule has 0 aliphatic carbocycles. The lowest BCUT2D eigenvalue weighted by Gasteiger charge is -2.16. The molecule has 1 unspecified atom stereocenters. The van der Waals surface area contributed by atoms with Gasteiger partial charge in [-0.1, -0.05) is 0 Å². The fourth-order valence-electron chi connectivity index (χ4n) is 1.69. The van der Waals surface area contributed by atoms with Crippen molar-refractivity contribution in [3.63, 3.8) is 0 Å². The third-order valence-corrected chi connectivity index (χ3v) is 2.61. The van der Waals surface area contributed by atoms with Crippen LogP contribution in [0.4, 0.5) is 8.78 Å². The van der Waals surface area contributed by atoms with Crippen LogP contribution in [0.25, 0.3) is 0 Å². The topological polar surface area (TPSA) is 41.1 Å². The van der Waals surface area contributed by atoms with Crippen LogP contribution in [0.5, 0.6) is 0 Å². The molecule has 0 radical (unpaired) electrons. The fraction of sp³-hybridized carbons (Fsp3) is 0.500. The zero-order valence-corrected chi connectivity index (χ0v) is 11.5. The second kappa shape index (κ2) is 7.19. The van der Waals surface area contributed by atoms with Crippen molar-refractivity contribution >= 4 is 5.91 Å². The van der Waals surface area contributed by atoms with Gasteiger partial charge in [0.15, 0.2) is 0 Å². The van der Waals surface area contributed by atoms with Crippen molar-refractivity contribution in [3.05, 3.63) is 35.4 Å². The minimum atomic E-state index is -0.583. The van der Waals surface area contributed by atoms with Gasteiger partial charge in [-0.2, -0.15) is 0 Å². The number of carbonyl (C=O) groups excluding carboxylic acids is 1. The van der Waals surface area contributed by atoms with E-state index in [1.807, 2.05) is 13.8 Å². The van der Waals surface area contributed by atoms with Crippen molar-refractivity contribution in [2.75, 3.05) is 6.54 Å². The molecule has 1 atom stereocenters. The first kappa shape index (κ1) is 15.6. The highest BCUT2D eigenvalue weighted by Crippen LogP contribution is 2.08. The maximum atomic E-state index is 13.0. The summed E-state index contributed by atoms with van der Waals surface area (Å²) >= 11 is 0. The van der Waals surface area contributed by atoms with Gasteiger partial charge in [-0.3, -0.25) is 4.79 Å². The van der Waals surface area contributed by atoms with E-state index in [9.17, 15) is 13.6 Å². The van der Waals surface area contributed by atoms with Gasteiger partial charge >= 0.3 is 0 Å². The Bertz CT molecular complexity index is 415. The largest absolute Gasteiger partial charge is 0.353 e. The highest BCUT2D eigenvalue weighted by Gasteiger charge is 2.12. The van der Waals surface area contributed by atoms with Crippen LogP contribution in [-0.2, 0) is 11.2 Å². The zero-order chi connectivity index (χ0) is 14.4. The van der Waals surface area contributed by atoms with Gasteiger partial charge in [0.05, 0.1) is 6.04 Å². The first-order chi connectivity index (χ1) is 8.88. The smallest absolute Gasteiger partial charge is 0.237 e. The molecule has 1 rings (SSSR count). The van der Waals surface area contributed by atoms with Gasteiger partial charge in [0.1, 0.15) is 11.6 Å². The summed E-state index contributed by atoms with van der Waals surface area (Å²) in [5, 5.41) is 5.81. The van der Waals surface area contributed by atoms with Gasteiger partial charge in [0.25, 0.3) is 0 Å². The number of nitrogens with one attached hydrogen (secondary N) is 2. The Morgan fingerprint density at radius 2 is 1.74 bits per heavy atom. The summed E-state index contributed by atoms with van der Waals surface area (Å²) in [7, 11) is 0. The van der Waals surface area contributed by atoms with Gasteiger partial charge in [-0.05, 0) is 51.4 Å². The molecule has 0 saturated carbocycles. The van der Waals surface area contributed by atoms with Crippen molar-refractivity contribution in [2.45, 2.75) is 39.3 Å². The highest BCUT2D eigenvalue weighted by atomic mass is 19.1. The molecule has 5 heteroatoms. The molecule has 1 aromatic rings. The van der Waals surface area contributed by atoms with E-state index in [0.29, 0.717) is 18.5 Å². The quantitative estimate of drug-likeness (QED) is 0.830. The van der Waals surface area contributed by atoms with E-state index in [1.54, 1.807) is 6.92 Å². The lowest BCUT2D eigenvalue weighted by Crippen LogP contribution is -2.45. The van der Waals surface area contributed by atoms with Crippen molar-refractivity contribution in [1.82, 2.24) is 10.6 Å². The summed E-state index contributed by atoms with van der Waals surface area (Å²) in [6.45, 7) is 6.01. The van der Waals surface area contributed by atoms with E-state index in [-0.39, 0.29) is 18.0 Å². The number of hydrogen-bond donors (Lipinski definition) is 2. The molecular formula is C14H20F2N2O. The minimum Gasteiger partial charge on any atom is -0.353 e. The monoisotopic (exact) mass is 270 g/mol. The number of halogens is 2. The first-order valence-corrected chi connectivity index (χ1v) is 6.37. The van der Waals surface area contributed by atoms with E-state index in [1.165, 1.54) is 12.1 Å². The molecule has 0 bridgehead atoms. The summed E-state index contributed by atoms with van der Waals surface area (Å²) in [6.07, 6.45) is 0.466.